The number of piperazine rings is 2. The minimum Gasteiger partial charge on any atom is -0.404 e. The summed E-state index contributed by atoms with van der Waals surface area (Å²) in [5.74, 6) is 6.73. The van der Waals surface area contributed by atoms with Crippen molar-refractivity contribution in [3.05, 3.63) is 175 Å². The summed E-state index contributed by atoms with van der Waals surface area (Å²) in [6.45, 7) is 15.7. The van der Waals surface area contributed by atoms with Gasteiger partial charge in [-0.3, -0.25) is 53.4 Å². The molecule has 25 heteroatoms. The minimum absolute atomic E-state index is 0.0301. The predicted molar refractivity (Wildman–Crippen MR) is 303 cm³/mol. The Kier molecular flexibility index (Phi) is 19.4. The fraction of sp³-hybridized carbons (Fsp3) is 0.322. The van der Waals surface area contributed by atoms with Crippen LogP contribution < -0.4 is 27.2 Å². The molecule has 20 nitrogen and oxygen atoms in total. The standard InChI is InChI=1S/C26H30FN5O3.C26H29FN4O3.C7H5F3N2O3/c1-15-9-23-21(22(14-32(23)28)24(33)25(34)29-4)10-20(15)26(35)31-12-16(2)30(11-17(31)3)13-18-5-7-19(27)8-6-18;1-15-9-23-21(22(11-29-23)24(32)25(33)28-4)10-20(15)26(34)31-13-16(2)30(12-17(31)3)14-18-5-7-19(27)8-6-18;8-7(9,10)4-1-2-6(15-11)5(3-4)12(13)14/h5-10,14,16-17H,11-13,28H2,1-4H3,(H,29,34);5-11,16-17,29H,12-14H2,1-4H3,(H,28,33);1-3H,11H2/t2*16-,17+;/m00./s1. The molecule has 0 radical (unpaired) electrons. The highest BCUT2D eigenvalue weighted by Gasteiger charge is 2.36. The van der Waals surface area contributed by atoms with Crippen LogP contribution in [0, 0.1) is 35.6 Å². The number of fused-ring (bicyclic) bond motifs is 2. The zero-order chi connectivity index (χ0) is 61.6. The summed E-state index contributed by atoms with van der Waals surface area (Å²) < 4.78 is 64.3. The Morgan fingerprint density at radius 3 is 1.57 bits per heavy atom. The van der Waals surface area contributed by atoms with E-state index < -0.39 is 51.5 Å². The SMILES string of the molecule is CNC(=O)C(=O)c1c[nH]c2cc(C)c(C(=O)N3C[C@H](C)N(Cc4ccc(F)cc4)C[C@H]3C)cc12.CNC(=O)C(=O)c1cn(N)c2cc(C)c(C(=O)N3C[C@H](C)N(Cc4ccc(F)cc4)C[C@H]3C)cc12.NOc1ccc(C(F)(F)F)cc1[N+](=O)[O-]. The molecule has 2 aliphatic heterocycles. The molecule has 2 fully saturated rings. The van der Waals surface area contributed by atoms with Crippen molar-refractivity contribution in [3.63, 3.8) is 0 Å². The van der Waals surface area contributed by atoms with Crippen LogP contribution in [0.5, 0.6) is 5.75 Å². The quantitative estimate of drug-likeness (QED) is 0.0197. The van der Waals surface area contributed by atoms with E-state index in [1.165, 1.54) is 55.4 Å². The van der Waals surface area contributed by atoms with E-state index in [-0.39, 0.29) is 58.7 Å². The second-order valence-electron chi connectivity index (χ2n) is 20.8. The summed E-state index contributed by atoms with van der Waals surface area (Å²) in [4.78, 5) is 101. The molecule has 2 aliphatic rings. The van der Waals surface area contributed by atoms with Crippen LogP contribution in [0.15, 0.2) is 103 Å². The first-order chi connectivity index (χ1) is 39.6. The number of hydrogen-bond acceptors (Lipinski definition) is 13. The number of hydrogen-bond donors (Lipinski definition) is 5. The molecule has 7 aromatic rings. The molecule has 2 saturated heterocycles. The normalized spacial score (nSPS) is 17.4. The minimum atomic E-state index is -4.64. The number of likely N-dealkylation sites (N-methyl/N-ethyl adjacent to an activating group) is 2. The molecule has 0 spiro atoms. The topological polar surface area (TPSA) is 265 Å². The first kappa shape index (κ1) is 62.5. The molecule has 2 aromatic heterocycles. The van der Waals surface area contributed by atoms with Crippen LogP contribution in [0.25, 0.3) is 21.8 Å². The van der Waals surface area contributed by atoms with E-state index in [4.69, 9.17) is 5.84 Å². The van der Waals surface area contributed by atoms with Crippen LogP contribution >= 0.6 is 0 Å². The van der Waals surface area contributed by atoms with Gasteiger partial charge in [-0.2, -0.15) is 19.1 Å². The van der Waals surface area contributed by atoms with Crippen LogP contribution in [-0.4, -0.2) is 134 Å². The van der Waals surface area contributed by atoms with Gasteiger partial charge < -0.3 is 36.1 Å². The molecule has 0 aliphatic carbocycles. The Hall–Kier alpha value is -9.07. The first-order valence-corrected chi connectivity index (χ1v) is 26.5. The Labute approximate surface area is 479 Å². The van der Waals surface area contributed by atoms with Gasteiger partial charge in [-0.15, -0.1) is 0 Å². The third-order valence-electron chi connectivity index (χ3n) is 15.0. The van der Waals surface area contributed by atoms with Crippen molar-refractivity contribution >= 4 is 62.7 Å². The summed E-state index contributed by atoms with van der Waals surface area (Å²) in [5, 5.41) is 16.1. The number of nitrogens with one attached hydrogen (secondary N) is 3. The van der Waals surface area contributed by atoms with Crippen LogP contribution in [0.4, 0.5) is 27.6 Å². The Bertz CT molecular complexity index is 3640. The number of nitrogens with two attached hydrogens (primary N) is 2. The number of aromatic amines is 1. The van der Waals surface area contributed by atoms with Gasteiger partial charge >= 0.3 is 11.9 Å². The largest absolute Gasteiger partial charge is 0.416 e. The van der Waals surface area contributed by atoms with Crippen LogP contribution in [0.3, 0.4) is 0 Å². The number of halogens is 5. The number of rotatable bonds is 12. The number of nitro groups is 1. The number of ketones is 2. The lowest BCUT2D eigenvalue weighted by Crippen LogP contribution is -2.57. The molecule has 84 heavy (non-hydrogen) atoms. The summed E-state index contributed by atoms with van der Waals surface area (Å²) >= 11 is 0. The van der Waals surface area contributed by atoms with Gasteiger partial charge in [0.2, 0.25) is 5.75 Å². The van der Waals surface area contributed by atoms with E-state index in [2.05, 4.69) is 50.0 Å². The van der Waals surface area contributed by atoms with E-state index >= 15 is 0 Å². The molecule has 7 N–H and O–H groups in total. The summed E-state index contributed by atoms with van der Waals surface area (Å²) in [6.07, 6.45) is -1.72. The van der Waals surface area contributed by atoms with Gasteiger partial charge in [-0.1, -0.05) is 24.3 Å². The van der Waals surface area contributed by atoms with Crippen molar-refractivity contribution < 1.29 is 60.5 Å². The van der Waals surface area contributed by atoms with Gasteiger partial charge in [0.15, 0.2) is 0 Å². The van der Waals surface area contributed by atoms with E-state index in [9.17, 15) is 60.8 Å². The van der Waals surface area contributed by atoms with Crippen LogP contribution in [0.1, 0.15) is 96.9 Å². The third-order valence-corrected chi connectivity index (χ3v) is 15.0. The average Bonchev–Trinajstić information content (AvgIpc) is 3.96. The molecule has 4 atom stereocenters. The molecule has 9 rings (SSSR count). The highest BCUT2D eigenvalue weighted by molar-refractivity contribution is 6.45. The number of aromatic nitrogens is 2. The van der Waals surface area contributed by atoms with Gasteiger partial charge in [-0.25, -0.2) is 8.78 Å². The monoisotopic (exact) mass is 1170 g/mol. The van der Waals surface area contributed by atoms with Crippen LogP contribution in [-0.2, 0) is 28.9 Å². The van der Waals surface area contributed by atoms with Gasteiger partial charge in [0.05, 0.1) is 27.1 Å². The maximum atomic E-state index is 13.7. The lowest BCUT2D eigenvalue weighted by atomic mass is 9.99. The number of benzene rings is 5. The van der Waals surface area contributed by atoms with E-state index in [0.29, 0.717) is 84.3 Å². The van der Waals surface area contributed by atoms with E-state index in [1.54, 1.807) is 42.5 Å². The number of amides is 4. The fourth-order valence-electron chi connectivity index (χ4n) is 10.3. The summed E-state index contributed by atoms with van der Waals surface area (Å²) in [6, 6.07) is 21.9. The molecule has 4 amide bonds. The molecule has 0 saturated carbocycles. The number of alkyl halides is 3. The van der Waals surface area contributed by atoms with E-state index in [0.717, 1.165) is 28.3 Å². The maximum Gasteiger partial charge on any atom is 0.416 e. The molecular weight excluding hydrogens is 1100 g/mol. The van der Waals surface area contributed by atoms with Crippen molar-refractivity contribution in [3.8, 4) is 5.75 Å². The summed E-state index contributed by atoms with van der Waals surface area (Å²) in [5.41, 5.74) is 4.28. The number of nitro benzene ring substituents is 1. The molecule has 5 aromatic carbocycles. The zero-order valence-corrected chi connectivity index (χ0v) is 47.3. The highest BCUT2D eigenvalue weighted by Crippen LogP contribution is 2.36. The van der Waals surface area contributed by atoms with Gasteiger partial charge in [0, 0.05) is 123 Å². The van der Waals surface area contributed by atoms with Crippen molar-refractivity contribution in [2.24, 2.45) is 5.90 Å². The first-order valence-electron chi connectivity index (χ1n) is 26.5. The molecule has 0 bridgehead atoms. The van der Waals surface area contributed by atoms with Gasteiger partial charge in [-0.05, 0) is 124 Å². The second-order valence-corrected chi connectivity index (χ2v) is 20.8. The number of aryl methyl sites for hydroxylation is 2. The lowest BCUT2D eigenvalue weighted by molar-refractivity contribution is -0.386. The lowest BCUT2D eigenvalue weighted by Gasteiger charge is -2.44. The number of nitrogens with zero attached hydrogens (tertiary/aromatic N) is 6. The number of nitrogen functional groups attached to an aromatic ring is 1. The fourth-order valence-corrected chi connectivity index (χ4v) is 10.3. The van der Waals surface area contributed by atoms with Crippen molar-refractivity contribution in [1.29, 1.82) is 0 Å². The molecule has 444 valence electrons. The van der Waals surface area contributed by atoms with Crippen molar-refractivity contribution in [1.82, 2.24) is 39.9 Å². The number of carbonyl (C=O) groups is 6. The zero-order valence-electron chi connectivity index (χ0n) is 47.3. The van der Waals surface area contributed by atoms with Gasteiger partial charge in [0.25, 0.3) is 35.2 Å². The average molecular weight is 1170 g/mol. The highest BCUT2D eigenvalue weighted by atomic mass is 19.4. The Morgan fingerprint density at radius 2 is 1.12 bits per heavy atom. The van der Waals surface area contributed by atoms with Crippen molar-refractivity contribution in [2.45, 2.75) is 85.0 Å². The van der Waals surface area contributed by atoms with E-state index in [1.807, 2.05) is 43.6 Å². The second kappa shape index (κ2) is 26.0. The van der Waals surface area contributed by atoms with Crippen molar-refractivity contribution in [2.75, 3.05) is 46.1 Å². The van der Waals surface area contributed by atoms with Crippen LogP contribution in [0.2, 0.25) is 0 Å². The summed E-state index contributed by atoms with van der Waals surface area (Å²) in [7, 11) is 2.80. The Balaban J connectivity index is 0.000000195. The molecular formula is C59H64F5N11O9. The van der Waals surface area contributed by atoms with Gasteiger partial charge in [0.1, 0.15) is 11.6 Å². The Morgan fingerprint density at radius 1 is 0.655 bits per heavy atom. The smallest absolute Gasteiger partial charge is 0.404 e. The predicted octanol–water partition coefficient (Wildman–Crippen LogP) is 7.61. The third kappa shape index (κ3) is 13.9. The number of Topliss-reactive ketones (excluding diaryl/α,β-unsaturated/α-hetero) is 2. The number of carbonyl (C=O) groups excluding carboxylic acids is 6. The maximum absolute atomic E-state index is 13.7. The molecule has 0 unspecified atom stereocenters. The number of H-pyrrole nitrogens is 1. The molecule has 4 heterocycles.